The van der Waals surface area contributed by atoms with Crippen molar-refractivity contribution in [2.24, 2.45) is 5.73 Å². The molecule has 0 amide bonds. The van der Waals surface area contributed by atoms with E-state index >= 15 is 0 Å². The fourth-order valence-electron chi connectivity index (χ4n) is 1.17. The summed E-state index contributed by atoms with van der Waals surface area (Å²) in [6, 6.07) is 0. The van der Waals surface area contributed by atoms with Crippen molar-refractivity contribution in [3.8, 4) is 0 Å². The molecule has 0 spiro atoms. The second-order valence-electron chi connectivity index (χ2n) is 4.84. The first-order valence-corrected chi connectivity index (χ1v) is 4.72. The first-order chi connectivity index (χ1) is 6.16. The number of hydrogen-bond donors (Lipinski definition) is 1. The Balaban J connectivity index is 4.01. The van der Waals surface area contributed by atoms with Gasteiger partial charge in [0.15, 0.2) is 0 Å². The van der Waals surface area contributed by atoms with E-state index in [0.717, 1.165) is 0 Å². The predicted molar refractivity (Wildman–Crippen MR) is 54.9 cm³/mol. The molecule has 84 valence electrons. The third-order valence-corrected chi connectivity index (χ3v) is 1.33. The molecule has 4 nitrogen and oxygen atoms in total. The molecule has 14 heavy (non-hydrogen) atoms. The Morgan fingerprint density at radius 2 is 1.71 bits per heavy atom. The number of esters is 1. The van der Waals surface area contributed by atoms with Crippen LogP contribution in [0.25, 0.3) is 0 Å². The van der Waals surface area contributed by atoms with Crippen LogP contribution in [0.4, 0.5) is 0 Å². The van der Waals surface area contributed by atoms with E-state index < -0.39 is 11.6 Å². The minimum atomic E-state index is -0.483. The summed E-state index contributed by atoms with van der Waals surface area (Å²) in [6.07, 6.45) is 0. The van der Waals surface area contributed by atoms with Crippen LogP contribution in [0.5, 0.6) is 0 Å². The van der Waals surface area contributed by atoms with Crippen LogP contribution in [0.3, 0.4) is 0 Å². The summed E-state index contributed by atoms with van der Waals surface area (Å²) in [5, 5.41) is 0. The highest BCUT2D eigenvalue weighted by Crippen LogP contribution is 2.19. The molecule has 0 unspecified atom stereocenters. The number of hydrogen-bond acceptors (Lipinski definition) is 4. The molecule has 0 heterocycles. The zero-order valence-electron chi connectivity index (χ0n) is 9.72. The monoisotopic (exact) mass is 203 g/mol. The highest BCUT2D eigenvalue weighted by Gasteiger charge is 2.27. The smallest absolute Gasteiger partial charge is 0.319 e. The van der Waals surface area contributed by atoms with Gasteiger partial charge in [-0.2, -0.15) is 0 Å². The van der Waals surface area contributed by atoms with E-state index in [2.05, 4.69) is 0 Å². The standard InChI is InChI=1S/C10H21NO3/c1-9(2,3)14-10(4,5)7-13-8(12)6-11/h6-7,11H2,1-5H3. The largest absolute Gasteiger partial charge is 0.462 e. The molecule has 2 N–H and O–H groups in total. The molecule has 4 heteroatoms. The third kappa shape index (κ3) is 6.86. The molecule has 0 aromatic rings. The summed E-state index contributed by atoms with van der Waals surface area (Å²) >= 11 is 0. The first-order valence-electron chi connectivity index (χ1n) is 4.72. The molecule has 0 aliphatic carbocycles. The van der Waals surface area contributed by atoms with Gasteiger partial charge in [0.05, 0.1) is 17.7 Å². The molecular formula is C10H21NO3. The second-order valence-corrected chi connectivity index (χ2v) is 4.84. The van der Waals surface area contributed by atoms with Crippen molar-refractivity contribution >= 4 is 5.97 Å². The lowest BCUT2D eigenvalue weighted by molar-refractivity contribution is -0.165. The average Bonchev–Trinajstić information content (AvgIpc) is 1.96. The lowest BCUT2D eigenvalue weighted by Gasteiger charge is -2.33. The van der Waals surface area contributed by atoms with Crippen LogP contribution >= 0.6 is 0 Å². The van der Waals surface area contributed by atoms with E-state index in [-0.39, 0.29) is 18.8 Å². The normalized spacial score (nSPS) is 12.7. The molecule has 0 aromatic carbocycles. The summed E-state index contributed by atoms with van der Waals surface area (Å²) in [6.45, 7) is 9.76. The predicted octanol–water partition coefficient (Wildman–Crippen LogP) is 1.08. The molecule has 0 rings (SSSR count). The highest BCUT2D eigenvalue weighted by molar-refractivity contribution is 5.71. The maximum atomic E-state index is 10.8. The third-order valence-electron chi connectivity index (χ3n) is 1.33. The topological polar surface area (TPSA) is 61.5 Å². The van der Waals surface area contributed by atoms with E-state index in [1.54, 1.807) is 0 Å². The Morgan fingerprint density at radius 1 is 1.21 bits per heavy atom. The minimum Gasteiger partial charge on any atom is -0.462 e. The van der Waals surface area contributed by atoms with Gasteiger partial charge >= 0.3 is 5.97 Å². The number of rotatable bonds is 4. The maximum Gasteiger partial charge on any atom is 0.319 e. The Kier molecular flexibility index (Phi) is 4.55. The van der Waals surface area contributed by atoms with E-state index in [1.165, 1.54) is 0 Å². The molecule has 0 aliphatic rings. The Hall–Kier alpha value is -0.610. The summed E-state index contributed by atoms with van der Waals surface area (Å²) in [7, 11) is 0. The highest BCUT2D eigenvalue weighted by atomic mass is 16.6. The van der Waals surface area contributed by atoms with Gasteiger partial charge in [-0.25, -0.2) is 0 Å². The fraction of sp³-hybridized carbons (Fsp3) is 0.900. The van der Waals surface area contributed by atoms with Gasteiger partial charge in [0.25, 0.3) is 0 Å². The van der Waals surface area contributed by atoms with Crippen molar-refractivity contribution in [1.82, 2.24) is 0 Å². The lowest BCUT2D eigenvalue weighted by atomic mass is 10.1. The molecule has 0 atom stereocenters. The van der Waals surface area contributed by atoms with Gasteiger partial charge in [-0.05, 0) is 34.6 Å². The molecule has 0 radical (unpaired) electrons. The fourth-order valence-corrected chi connectivity index (χ4v) is 1.17. The van der Waals surface area contributed by atoms with Crippen LogP contribution in [0.2, 0.25) is 0 Å². The van der Waals surface area contributed by atoms with Gasteiger partial charge in [-0.1, -0.05) is 0 Å². The van der Waals surface area contributed by atoms with E-state index in [9.17, 15) is 4.79 Å². The molecule has 0 fully saturated rings. The average molecular weight is 203 g/mol. The minimum absolute atomic E-state index is 0.0917. The van der Waals surface area contributed by atoms with Gasteiger partial charge in [-0.15, -0.1) is 0 Å². The van der Waals surface area contributed by atoms with Crippen molar-refractivity contribution in [3.63, 3.8) is 0 Å². The van der Waals surface area contributed by atoms with Crippen molar-refractivity contribution < 1.29 is 14.3 Å². The van der Waals surface area contributed by atoms with E-state index in [0.29, 0.717) is 0 Å². The van der Waals surface area contributed by atoms with Crippen molar-refractivity contribution in [1.29, 1.82) is 0 Å². The SMILES string of the molecule is CC(C)(C)OC(C)(C)COC(=O)CN. The molecule has 0 saturated carbocycles. The molecular weight excluding hydrogens is 182 g/mol. The molecule has 0 saturated heterocycles. The zero-order chi connectivity index (χ0) is 11.4. The molecule has 0 aromatic heterocycles. The van der Waals surface area contributed by atoms with Crippen LogP contribution in [0.15, 0.2) is 0 Å². The van der Waals surface area contributed by atoms with Crippen LogP contribution in [-0.4, -0.2) is 30.3 Å². The van der Waals surface area contributed by atoms with Gasteiger partial charge < -0.3 is 15.2 Å². The Bertz CT molecular complexity index is 194. The van der Waals surface area contributed by atoms with Crippen LogP contribution in [-0.2, 0) is 14.3 Å². The van der Waals surface area contributed by atoms with E-state index in [4.69, 9.17) is 15.2 Å². The van der Waals surface area contributed by atoms with Gasteiger partial charge in [0.2, 0.25) is 0 Å². The van der Waals surface area contributed by atoms with Crippen LogP contribution in [0.1, 0.15) is 34.6 Å². The zero-order valence-corrected chi connectivity index (χ0v) is 9.72. The maximum absolute atomic E-state index is 10.8. The summed E-state index contributed by atoms with van der Waals surface area (Å²) in [4.78, 5) is 10.8. The van der Waals surface area contributed by atoms with Crippen molar-refractivity contribution in [3.05, 3.63) is 0 Å². The van der Waals surface area contributed by atoms with Crippen molar-refractivity contribution in [2.45, 2.75) is 45.8 Å². The van der Waals surface area contributed by atoms with Gasteiger partial charge in [0.1, 0.15) is 6.61 Å². The Morgan fingerprint density at radius 3 is 2.07 bits per heavy atom. The number of ether oxygens (including phenoxy) is 2. The Labute approximate surface area is 85.8 Å². The van der Waals surface area contributed by atoms with Crippen LogP contribution in [0, 0.1) is 0 Å². The summed E-state index contributed by atoms with van der Waals surface area (Å²) in [5.74, 6) is -0.407. The quantitative estimate of drug-likeness (QED) is 0.694. The lowest BCUT2D eigenvalue weighted by Crippen LogP contribution is -2.39. The summed E-state index contributed by atoms with van der Waals surface area (Å²) in [5.41, 5.74) is 4.38. The number of nitrogens with two attached hydrogens (primary N) is 1. The number of carbonyl (C=O) groups is 1. The molecule has 0 aliphatic heterocycles. The molecule has 0 bridgehead atoms. The van der Waals surface area contributed by atoms with Gasteiger partial charge in [-0.3, -0.25) is 4.79 Å². The van der Waals surface area contributed by atoms with Crippen LogP contribution < -0.4 is 5.73 Å². The van der Waals surface area contributed by atoms with E-state index in [1.807, 2.05) is 34.6 Å². The van der Waals surface area contributed by atoms with Crippen molar-refractivity contribution in [2.75, 3.05) is 13.2 Å². The second kappa shape index (κ2) is 4.75. The summed E-state index contributed by atoms with van der Waals surface area (Å²) < 4.78 is 10.6. The van der Waals surface area contributed by atoms with Gasteiger partial charge in [0, 0.05) is 0 Å². The first kappa shape index (κ1) is 13.4. The number of carbonyl (C=O) groups excluding carboxylic acids is 1.